The number of fused-ring (bicyclic) bond motifs is 5. The van der Waals surface area contributed by atoms with Gasteiger partial charge in [0.05, 0.1) is 4.88 Å². The molecular formula is C28H25N2S2+. The van der Waals surface area contributed by atoms with Gasteiger partial charge in [-0.15, -0.1) is 22.7 Å². The van der Waals surface area contributed by atoms with Crippen LogP contribution < -0.4 is 4.57 Å². The van der Waals surface area contributed by atoms with Crippen molar-refractivity contribution in [2.45, 2.75) is 39.7 Å². The summed E-state index contributed by atoms with van der Waals surface area (Å²) < 4.78 is 3.71. The van der Waals surface area contributed by atoms with E-state index in [0.717, 1.165) is 5.52 Å². The first kappa shape index (κ1) is 19.8. The van der Waals surface area contributed by atoms with Crippen LogP contribution in [0.4, 0.5) is 0 Å². The molecule has 0 amide bonds. The van der Waals surface area contributed by atoms with Crippen LogP contribution in [0.15, 0.2) is 67.0 Å². The van der Waals surface area contributed by atoms with Crippen LogP contribution >= 0.6 is 22.7 Å². The summed E-state index contributed by atoms with van der Waals surface area (Å²) in [4.78, 5) is 8.94. The molecule has 2 nitrogen and oxygen atoms in total. The Kier molecular flexibility index (Phi) is 4.56. The maximum atomic E-state index is 4.96. The molecule has 0 radical (unpaired) electrons. The molecule has 2 aromatic carbocycles. The molecule has 5 aromatic rings. The summed E-state index contributed by atoms with van der Waals surface area (Å²) in [6.45, 7) is 9.07. The Balaban J connectivity index is 1.57. The highest BCUT2D eigenvalue weighted by Gasteiger charge is 2.35. The minimum absolute atomic E-state index is 0.384. The lowest BCUT2D eigenvalue weighted by molar-refractivity contribution is -0.715. The Hall–Kier alpha value is -2.82. The van der Waals surface area contributed by atoms with Gasteiger partial charge in [0, 0.05) is 26.8 Å². The summed E-state index contributed by atoms with van der Waals surface area (Å²) in [5.41, 5.74) is 9.16. The molecule has 0 aliphatic carbocycles. The second kappa shape index (κ2) is 7.36. The fourth-order valence-corrected chi connectivity index (χ4v) is 7.41. The van der Waals surface area contributed by atoms with Crippen LogP contribution in [-0.2, 0) is 0 Å². The molecule has 0 fully saturated rings. The molecule has 6 rings (SSSR count). The van der Waals surface area contributed by atoms with E-state index in [-0.39, 0.29) is 0 Å². The van der Waals surface area contributed by atoms with E-state index in [9.17, 15) is 0 Å². The monoisotopic (exact) mass is 453 g/mol. The third-order valence-electron chi connectivity index (χ3n) is 6.90. The van der Waals surface area contributed by atoms with Crippen LogP contribution in [0.3, 0.4) is 0 Å². The fourth-order valence-electron chi connectivity index (χ4n) is 4.91. The average Bonchev–Trinajstić information content (AvgIpc) is 3.42. The fraction of sp³-hybridized carbons (Fsp3) is 0.214. The molecule has 0 saturated carbocycles. The predicted octanol–water partition coefficient (Wildman–Crippen LogP) is 7.94. The van der Waals surface area contributed by atoms with Gasteiger partial charge in [-0.1, -0.05) is 55.0 Å². The first-order valence-corrected chi connectivity index (χ1v) is 12.8. The average molecular weight is 454 g/mol. The summed E-state index contributed by atoms with van der Waals surface area (Å²) >= 11 is 3.77. The van der Waals surface area contributed by atoms with Crippen LogP contribution in [0, 0.1) is 13.8 Å². The zero-order valence-electron chi connectivity index (χ0n) is 18.7. The van der Waals surface area contributed by atoms with Crippen molar-refractivity contribution in [1.82, 2.24) is 4.98 Å². The van der Waals surface area contributed by atoms with Gasteiger partial charge in [0.25, 0.3) is 6.33 Å². The molecule has 32 heavy (non-hydrogen) atoms. The molecule has 4 heterocycles. The van der Waals surface area contributed by atoms with E-state index >= 15 is 0 Å². The second-order valence-corrected chi connectivity index (χ2v) is 11.0. The van der Waals surface area contributed by atoms with Crippen molar-refractivity contribution in [3.63, 3.8) is 0 Å². The van der Waals surface area contributed by atoms with E-state index in [2.05, 4.69) is 99.3 Å². The number of nitrogens with zero attached hydrogens (tertiary/aromatic N) is 2. The molecular weight excluding hydrogens is 428 g/mol. The summed E-state index contributed by atoms with van der Waals surface area (Å²) in [7, 11) is 0. The molecule has 4 heteroatoms. The van der Waals surface area contributed by atoms with Crippen molar-refractivity contribution < 1.29 is 4.57 Å². The SMILES string of the molecule is Cc1ccc2c(c1)-c1c3sc(-c4ccc(-c5ccccc5)s4)c(C)c3nc[n+]1C(C)C2C. The highest BCUT2D eigenvalue weighted by atomic mass is 32.1. The number of aryl methyl sites for hydroxylation is 2. The van der Waals surface area contributed by atoms with Crippen LogP contribution in [0.25, 0.3) is 41.7 Å². The smallest absolute Gasteiger partial charge is 0.225 e. The summed E-state index contributed by atoms with van der Waals surface area (Å²) in [5, 5.41) is 0. The van der Waals surface area contributed by atoms with Gasteiger partial charge in [0.2, 0.25) is 5.52 Å². The molecule has 2 atom stereocenters. The molecule has 0 N–H and O–H groups in total. The van der Waals surface area contributed by atoms with Gasteiger partial charge in [-0.2, -0.15) is 0 Å². The van der Waals surface area contributed by atoms with Crippen molar-refractivity contribution in [3.05, 3.63) is 83.7 Å². The Morgan fingerprint density at radius 1 is 0.875 bits per heavy atom. The summed E-state index contributed by atoms with van der Waals surface area (Å²) in [5.74, 6) is 0.466. The Morgan fingerprint density at radius 3 is 2.47 bits per heavy atom. The molecule has 0 saturated heterocycles. The van der Waals surface area contributed by atoms with Crippen molar-refractivity contribution in [2.75, 3.05) is 0 Å². The number of hydrogen-bond donors (Lipinski definition) is 0. The quantitative estimate of drug-likeness (QED) is 0.248. The van der Waals surface area contributed by atoms with Crippen LogP contribution in [0.2, 0.25) is 0 Å². The molecule has 158 valence electrons. The number of benzene rings is 2. The zero-order valence-corrected chi connectivity index (χ0v) is 20.3. The van der Waals surface area contributed by atoms with Gasteiger partial charge in [-0.25, -0.2) is 4.57 Å². The zero-order chi connectivity index (χ0) is 22.0. The lowest BCUT2D eigenvalue weighted by atomic mass is 9.84. The van der Waals surface area contributed by atoms with Crippen LogP contribution in [0.1, 0.15) is 42.5 Å². The maximum absolute atomic E-state index is 4.96. The lowest BCUT2D eigenvalue weighted by Gasteiger charge is -2.28. The van der Waals surface area contributed by atoms with Crippen LogP contribution in [0.5, 0.6) is 0 Å². The largest absolute Gasteiger partial charge is 0.287 e. The molecule has 2 unspecified atom stereocenters. The summed E-state index contributed by atoms with van der Waals surface area (Å²) in [6, 6.07) is 22.5. The van der Waals surface area contributed by atoms with E-state index in [1.54, 1.807) is 0 Å². The van der Waals surface area contributed by atoms with Crippen molar-refractivity contribution in [1.29, 1.82) is 0 Å². The minimum atomic E-state index is 0.384. The van der Waals surface area contributed by atoms with Gasteiger partial charge >= 0.3 is 0 Å². The lowest BCUT2D eigenvalue weighted by Crippen LogP contribution is -2.45. The Bertz CT molecular complexity index is 1480. The summed E-state index contributed by atoms with van der Waals surface area (Å²) in [6.07, 6.45) is 2.07. The highest BCUT2D eigenvalue weighted by Crippen LogP contribution is 2.47. The molecule has 0 bridgehead atoms. The number of aromatic nitrogens is 2. The van der Waals surface area contributed by atoms with E-state index in [1.165, 1.54) is 52.8 Å². The third-order valence-corrected chi connectivity index (χ3v) is 9.51. The van der Waals surface area contributed by atoms with E-state index < -0.39 is 0 Å². The van der Waals surface area contributed by atoms with Crippen LogP contribution in [-0.4, -0.2) is 4.98 Å². The third kappa shape index (κ3) is 2.90. The standard InChI is InChI=1S/C28H25N2S2/c1-16-10-11-21-17(2)19(4)30-15-29-25-18(3)27(32-28(25)26(30)22(21)14-16)24-13-12-23(31-24)20-8-6-5-7-9-20/h5-15,17,19H,1-4H3/q+1. The van der Waals surface area contributed by atoms with Crippen molar-refractivity contribution >= 4 is 32.9 Å². The number of rotatable bonds is 2. The Morgan fingerprint density at radius 2 is 1.66 bits per heavy atom. The number of hydrogen-bond acceptors (Lipinski definition) is 3. The van der Waals surface area contributed by atoms with E-state index in [0.29, 0.717) is 12.0 Å². The molecule has 1 aliphatic heterocycles. The second-order valence-electron chi connectivity index (χ2n) is 8.88. The maximum Gasteiger partial charge on any atom is 0.287 e. The van der Waals surface area contributed by atoms with Gasteiger partial charge in [0.15, 0.2) is 5.69 Å². The van der Waals surface area contributed by atoms with Crippen molar-refractivity contribution in [2.24, 2.45) is 0 Å². The molecule has 3 aromatic heterocycles. The van der Waals surface area contributed by atoms with E-state index in [1.807, 2.05) is 22.7 Å². The first-order valence-electron chi connectivity index (χ1n) is 11.1. The predicted molar refractivity (Wildman–Crippen MR) is 137 cm³/mol. The highest BCUT2D eigenvalue weighted by molar-refractivity contribution is 7.27. The van der Waals surface area contributed by atoms with Gasteiger partial charge in [-0.3, -0.25) is 0 Å². The van der Waals surface area contributed by atoms with Gasteiger partial charge in [-0.05, 0) is 55.1 Å². The van der Waals surface area contributed by atoms with Crippen molar-refractivity contribution in [3.8, 4) is 31.5 Å². The van der Waals surface area contributed by atoms with Gasteiger partial charge < -0.3 is 0 Å². The van der Waals surface area contributed by atoms with E-state index in [4.69, 9.17) is 4.98 Å². The number of thiophene rings is 2. The molecule has 1 aliphatic rings. The molecule has 0 spiro atoms. The normalized spacial score (nSPS) is 17.4. The Labute approximate surface area is 196 Å². The minimum Gasteiger partial charge on any atom is -0.225 e. The van der Waals surface area contributed by atoms with Gasteiger partial charge in [0.1, 0.15) is 10.7 Å². The first-order chi connectivity index (χ1) is 15.5. The topological polar surface area (TPSA) is 16.8 Å².